The minimum atomic E-state index is -3.71. The highest BCUT2D eigenvalue weighted by molar-refractivity contribution is 7.89. The van der Waals surface area contributed by atoms with Crippen LogP contribution in [0.1, 0.15) is 12.5 Å². The average molecular weight is 355 g/mol. The monoisotopic (exact) mass is 354 g/mol. The van der Waals surface area contributed by atoms with Gasteiger partial charge in [0.25, 0.3) is 0 Å². The molecule has 0 saturated carbocycles. The standard InChI is InChI=1S/C13H20Cl2N2O3S/c1-4-17(5-6-20-3)21(18,19)12-8-11(14)7-10(9-16-2)13(12)15/h7-8,16H,4-6,9H2,1-3H3. The van der Waals surface area contributed by atoms with Crippen molar-refractivity contribution >= 4 is 33.2 Å². The van der Waals surface area contributed by atoms with Gasteiger partial charge >= 0.3 is 0 Å². The third-order valence-corrected chi connectivity index (χ3v) is 5.74. The van der Waals surface area contributed by atoms with Gasteiger partial charge in [-0.05, 0) is 24.7 Å². The van der Waals surface area contributed by atoms with Gasteiger partial charge in [0.15, 0.2) is 0 Å². The lowest BCUT2D eigenvalue weighted by Crippen LogP contribution is -2.34. The van der Waals surface area contributed by atoms with Crippen LogP contribution >= 0.6 is 23.2 Å². The molecule has 0 bridgehead atoms. The van der Waals surface area contributed by atoms with Gasteiger partial charge in [-0.3, -0.25) is 0 Å². The van der Waals surface area contributed by atoms with Crippen LogP contribution in [0.5, 0.6) is 0 Å². The maximum Gasteiger partial charge on any atom is 0.244 e. The Labute approximate surface area is 136 Å². The molecule has 1 rings (SSSR count). The maximum absolute atomic E-state index is 12.7. The largest absolute Gasteiger partial charge is 0.383 e. The van der Waals surface area contributed by atoms with E-state index in [2.05, 4.69) is 5.32 Å². The van der Waals surface area contributed by atoms with Crippen molar-refractivity contribution in [3.63, 3.8) is 0 Å². The van der Waals surface area contributed by atoms with E-state index in [9.17, 15) is 8.42 Å². The van der Waals surface area contributed by atoms with E-state index < -0.39 is 10.0 Å². The topological polar surface area (TPSA) is 58.6 Å². The molecule has 0 heterocycles. The summed E-state index contributed by atoms with van der Waals surface area (Å²) in [5.74, 6) is 0. The molecule has 1 aromatic carbocycles. The van der Waals surface area contributed by atoms with Crippen molar-refractivity contribution in [2.75, 3.05) is 33.9 Å². The molecule has 0 spiro atoms. The fraction of sp³-hybridized carbons (Fsp3) is 0.538. The average Bonchev–Trinajstić information content (AvgIpc) is 2.43. The molecule has 0 radical (unpaired) electrons. The molecule has 0 aromatic heterocycles. The van der Waals surface area contributed by atoms with E-state index in [4.69, 9.17) is 27.9 Å². The van der Waals surface area contributed by atoms with Crippen molar-refractivity contribution in [2.45, 2.75) is 18.4 Å². The van der Waals surface area contributed by atoms with Gasteiger partial charge in [0, 0.05) is 31.8 Å². The number of benzene rings is 1. The summed E-state index contributed by atoms with van der Waals surface area (Å²) < 4.78 is 31.7. The number of nitrogens with zero attached hydrogens (tertiary/aromatic N) is 1. The van der Waals surface area contributed by atoms with Gasteiger partial charge in [0.2, 0.25) is 10.0 Å². The van der Waals surface area contributed by atoms with Gasteiger partial charge in [0.1, 0.15) is 4.90 Å². The molecule has 8 heteroatoms. The van der Waals surface area contributed by atoms with Crippen molar-refractivity contribution in [1.29, 1.82) is 0 Å². The summed E-state index contributed by atoms with van der Waals surface area (Å²) in [6.45, 7) is 3.11. The Morgan fingerprint density at radius 2 is 2.00 bits per heavy atom. The Balaban J connectivity index is 3.29. The number of rotatable bonds is 8. The number of sulfonamides is 1. The van der Waals surface area contributed by atoms with Crippen LogP contribution in [-0.4, -0.2) is 46.6 Å². The lowest BCUT2D eigenvalue weighted by molar-refractivity contribution is 0.180. The van der Waals surface area contributed by atoms with E-state index in [1.54, 1.807) is 20.0 Å². The molecule has 5 nitrogen and oxygen atoms in total. The quantitative estimate of drug-likeness (QED) is 0.778. The first-order valence-electron chi connectivity index (χ1n) is 6.50. The highest BCUT2D eigenvalue weighted by Crippen LogP contribution is 2.31. The predicted octanol–water partition coefficient (Wildman–Crippen LogP) is 2.37. The zero-order valence-corrected chi connectivity index (χ0v) is 14.6. The molecule has 21 heavy (non-hydrogen) atoms. The Morgan fingerprint density at radius 3 is 2.52 bits per heavy atom. The number of hydrogen-bond donors (Lipinski definition) is 1. The van der Waals surface area contributed by atoms with Crippen molar-refractivity contribution in [2.24, 2.45) is 0 Å². The number of hydrogen-bond acceptors (Lipinski definition) is 4. The van der Waals surface area contributed by atoms with E-state index in [1.807, 2.05) is 0 Å². The van der Waals surface area contributed by atoms with Crippen LogP contribution in [0.25, 0.3) is 0 Å². The summed E-state index contributed by atoms with van der Waals surface area (Å²) in [6, 6.07) is 3.04. The van der Waals surface area contributed by atoms with E-state index in [0.717, 1.165) is 0 Å². The third-order valence-electron chi connectivity index (χ3n) is 2.96. The molecule has 0 aliphatic carbocycles. The fourth-order valence-electron chi connectivity index (χ4n) is 1.91. The van der Waals surface area contributed by atoms with E-state index in [-0.39, 0.29) is 16.5 Å². The van der Waals surface area contributed by atoms with E-state index >= 15 is 0 Å². The minimum absolute atomic E-state index is 0.0277. The van der Waals surface area contributed by atoms with Crippen LogP contribution in [-0.2, 0) is 21.3 Å². The van der Waals surface area contributed by atoms with Crippen LogP contribution in [0, 0.1) is 0 Å². The van der Waals surface area contributed by atoms with Crippen molar-refractivity contribution < 1.29 is 13.2 Å². The molecular formula is C13H20Cl2N2O3S. The van der Waals surface area contributed by atoms with Gasteiger partial charge in [-0.15, -0.1) is 0 Å². The molecular weight excluding hydrogens is 335 g/mol. The Morgan fingerprint density at radius 1 is 1.33 bits per heavy atom. The summed E-state index contributed by atoms with van der Waals surface area (Å²) in [4.78, 5) is 0.0277. The third kappa shape index (κ3) is 4.55. The van der Waals surface area contributed by atoms with Crippen LogP contribution in [0.2, 0.25) is 10.0 Å². The number of likely N-dealkylation sites (N-methyl/N-ethyl adjacent to an activating group) is 1. The van der Waals surface area contributed by atoms with E-state index in [0.29, 0.717) is 30.3 Å². The molecule has 0 atom stereocenters. The van der Waals surface area contributed by atoms with Crippen LogP contribution in [0.4, 0.5) is 0 Å². The van der Waals surface area contributed by atoms with Gasteiger partial charge in [-0.25, -0.2) is 8.42 Å². The maximum atomic E-state index is 12.7. The summed E-state index contributed by atoms with van der Waals surface area (Å²) in [6.07, 6.45) is 0. The van der Waals surface area contributed by atoms with Crippen molar-refractivity contribution in [1.82, 2.24) is 9.62 Å². The SMILES string of the molecule is CCN(CCOC)S(=O)(=O)c1cc(Cl)cc(CNC)c1Cl. The lowest BCUT2D eigenvalue weighted by Gasteiger charge is -2.21. The Kier molecular flexibility index (Phi) is 7.39. The second-order valence-electron chi connectivity index (χ2n) is 4.40. The zero-order chi connectivity index (χ0) is 16.0. The minimum Gasteiger partial charge on any atom is -0.383 e. The smallest absolute Gasteiger partial charge is 0.244 e. The highest BCUT2D eigenvalue weighted by Gasteiger charge is 2.27. The molecule has 0 saturated heterocycles. The number of ether oxygens (including phenoxy) is 1. The molecule has 1 aromatic rings. The molecule has 0 amide bonds. The number of nitrogens with one attached hydrogen (secondary N) is 1. The molecule has 0 unspecified atom stereocenters. The zero-order valence-electron chi connectivity index (χ0n) is 12.3. The predicted molar refractivity (Wildman–Crippen MR) is 85.5 cm³/mol. The lowest BCUT2D eigenvalue weighted by atomic mass is 10.2. The van der Waals surface area contributed by atoms with Crippen LogP contribution in [0.15, 0.2) is 17.0 Å². The molecule has 1 N–H and O–H groups in total. The van der Waals surface area contributed by atoms with E-state index in [1.165, 1.54) is 17.5 Å². The van der Waals surface area contributed by atoms with Crippen molar-refractivity contribution in [3.05, 3.63) is 27.7 Å². The molecule has 0 aliphatic heterocycles. The molecule has 0 aliphatic rings. The first kappa shape index (κ1) is 18.7. The van der Waals surface area contributed by atoms with Crippen LogP contribution < -0.4 is 5.32 Å². The van der Waals surface area contributed by atoms with Gasteiger partial charge < -0.3 is 10.1 Å². The molecule has 0 fully saturated rings. The summed E-state index contributed by atoms with van der Waals surface area (Å²) in [5, 5.41) is 3.47. The van der Waals surface area contributed by atoms with Gasteiger partial charge in [0.05, 0.1) is 11.6 Å². The number of halogens is 2. The number of methoxy groups -OCH3 is 1. The fourth-order valence-corrected chi connectivity index (χ4v) is 4.25. The van der Waals surface area contributed by atoms with Crippen LogP contribution in [0.3, 0.4) is 0 Å². The van der Waals surface area contributed by atoms with Gasteiger partial charge in [-0.1, -0.05) is 30.1 Å². The Hall–Kier alpha value is -0.370. The Bertz CT molecular complexity index is 579. The summed E-state index contributed by atoms with van der Waals surface area (Å²) >= 11 is 12.3. The first-order valence-corrected chi connectivity index (χ1v) is 8.69. The second-order valence-corrected chi connectivity index (χ2v) is 7.12. The first-order chi connectivity index (χ1) is 9.88. The second kappa shape index (κ2) is 8.31. The van der Waals surface area contributed by atoms with Gasteiger partial charge in [-0.2, -0.15) is 4.31 Å². The highest BCUT2D eigenvalue weighted by atomic mass is 35.5. The summed E-state index contributed by atoms with van der Waals surface area (Å²) in [5.41, 5.74) is 0.646. The normalized spacial score (nSPS) is 12.1. The van der Waals surface area contributed by atoms with Crippen molar-refractivity contribution in [3.8, 4) is 0 Å². The molecule has 120 valence electrons. The summed E-state index contributed by atoms with van der Waals surface area (Å²) in [7, 11) is -0.430.